The fraction of sp³-hybridized carbons (Fsp3) is 0.286. The third kappa shape index (κ3) is 7.28. The summed E-state index contributed by atoms with van der Waals surface area (Å²) in [6, 6.07) is 15.5. The van der Waals surface area contributed by atoms with Gasteiger partial charge in [-0.3, -0.25) is 19.6 Å². The molecule has 7 N–H and O–H groups in total. The maximum absolute atomic E-state index is 12.5. The fourth-order valence-corrected chi connectivity index (χ4v) is 2.68. The predicted molar refractivity (Wildman–Crippen MR) is 113 cm³/mol. The monoisotopic (exact) mass is 413 g/mol. The van der Waals surface area contributed by atoms with Crippen LogP contribution in [0.2, 0.25) is 0 Å². The third-order valence-electron chi connectivity index (χ3n) is 4.33. The van der Waals surface area contributed by atoms with E-state index in [4.69, 9.17) is 10.9 Å². The Morgan fingerprint density at radius 2 is 1.63 bits per heavy atom. The molecule has 0 aliphatic heterocycles. The molecular weight excluding hydrogens is 386 g/mol. The van der Waals surface area contributed by atoms with Gasteiger partial charge in [-0.1, -0.05) is 42.5 Å². The van der Waals surface area contributed by atoms with Crippen molar-refractivity contribution in [2.75, 3.05) is 26.2 Å². The van der Waals surface area contributed by atoms with Crippen molar-refractivity contribution in [2.24, 2.45) is 5.73 Å². The SMILES string of the molecule is NCCCNCC(=O)NC[C@H](NC(=O)c1ccc(-c2ccccc2)cc1)C(=O)NO. The molecule has 0 unspecified atom stereocenters. The number of amides is 3. The second-order valence-electron chi connectivity index (χ2n) is 6.57. The number of benzene rings is 2. The second-order valence-corrected chi connectivity index (χ2v) is 6.57. The highest BCUT2D eigenvalue weighted by Crippen LogP contribution is 2.19. The van der Waals surface area contributed by atoms with Gasteiger partial charge in [0.1, 0.15) is 6.04 Å². The number of rotatable bonds is 11. The summed E-state index contributed by atoms with van der Waals surface area (Å²) >= 11 is 0. The van der Waals surface area contributed by atoms with Crippen molar-refractivity contribution >= 4 is 17.7 Å². The summed E-state index contributed by atoms with van der Waals surface area (Å²) in [6.07, 6.45) is 0.738. The number of hydroxylamine groups is 1. The summed E-state index contributed by atoms with van der Waals surface area (Å²) in [6.45, 7) is 1.01. The zero-order valence-electron chi connectivity index (χ0n) is 16.6. The fourth-order valence-electron chi connectivity index (χ4n) is 2.68. The summed E-state index contributed by atoms with van der Waals surface area (Å²) in [5.41, 5.74) is 9.19. The van der Waals surface area contributed by atoms with Crippen LogP contribution in [0.3, 0.4) is 0 Å². The maximum Gasteiger partial charge on any atom is 0.267 e. The first kappa shape index (κ1) is 23.0. The molecule has 2 aromatic carbocycles. The molecule has 0 bridgehead atoms. The lowest BCUT2D eigenvalue weighted by atomic mass is 10.0. The number of carbonyl (C=O) groups is 3. The van der Waals surface area contributed by atoms with Crippen LogP contribution in [0.15, 0.2) is 54.6 Å². The van der Waals surface area contributed by atoms with Crippen LogP contribution in [0, 0.1) is 0 Å². The van der Waals surface area contributed by atoms with Gasteiger partial charge in [0.05, 0.1) is 6.54 Å². The van der Waals surface area contributed by atoms with E-state index in [2.05, 4.69) is 16.0 Å². The molecule has 3 amide bonds. The average molecular weight is 413 g/mol. The largest absolute Gasteiger partial charge is 0.352 e. The molecule has 9 nitrogen and oxygen atoms in total. The second kappa shape index (κ2) is 12.3. The molecule has 0 aromatic heterocycles. The first-order valence-corrected chi connectivity index (χ1v) is 9.63. The Morgan fingerprint density at radius 3 is 2.27 bits per heavy atom. The zero-order chi connectivity index (χ0) is 21.8. The minimum absolute atomic E-state index is 0.0579. The van der Waals surface area contributed by atoms with E-state index in [-0.39, 0.29) is 19.0 Å². The lowest BCUT2D eigenvalue weighted by molar-refractivity contribution is -0.131. The van der Waals surface area contributed by atoms with E-state index >= 15 is 0 Å². The van der Waals surface area contributed by atoms with E-state index < -0.39 is 17.9 Å². The molecule has 1 atom stereocenters. The number of hydrogen-bond acceptors (Lipinski definition) is 6. The minimum Gasteiger partial charge on any atom is -0.352 e. The molecule has 9 heteroatoms. The average Bonchev–Trinajstić information content (AvgIpc) is 2.79. The summed E-state index contributed by atoms with van der Waals surface area (Å²) in [5, 5.41) is 16.9. The Bertz CT molecular complexity index is 827. The summed E-state index contributed by atoms with van der Waals surface area (Å²) < 4.78 is 0. The van der Waals surface area contributed by atoms with Crippen molar-refractivity contribution in [3.63, 3.8) is 0 Å². The molecule has 2 rings (SSSR count). The lowest BCUT2D eigenvalue weighted by Crippen LogP contribution is -2.52. The van der Waals surface area contributed by atoms with Gasteiger partial charge >= 0.3 is 0 Å². The van der Waals surface area contributed by atoms with E-state index in [9.17, 15) is 14.4 Å². The van der Waals surface area contributed by atoms with Gasteiger partial charge in [-0.2, -0.15) is 0 Å². The Balaban J connectivity index is 1.93. The quantitative estimate of drug-likeness (QED) is 0.174. The summed E-state index contributed by atoms with van der Waals surface area (Å²) in [5.74, 6) is -1.68. The van der Waals surface area contributed by atoms with Gasteiger partial charge in [0.15, 0.2) is 0 Å². The van der Waals surface area contributed by atoms with Gasteiger partial charge in [-0.15, -0.1) is 0 Å². The highest BCUT2D eigenvalue weighted by Gasteiger charge is 2.22. The van der Waals surface area contributed by atoms with E-state index in [1.165, 1.54) is 5.48 Å². The third-order valence-corrected chi connectivity index (χ3v) is 4.33. The van der Waals surface area contributed by atoms with Crippen molar-refractivity contribution in [1.82, 2.24) is 21.4 Å². The van der Waals surface area contributed by atoms with Crippen LogP contribution in [-0.2, 0) is 9.59 Å². The van der Waals surface area contributed by atoms with Crippen molar-refractivity contribution < 1.29 is 19.6 Å². The van der Waals surface area contributed by atoms with E-state index in [0.29, 0.717) is 18.7 Å². The summed E-state index contributed by atoms with van der Waals surface area (Å²) in [4.78, 5) is 36.2. The van der Waals surface area contributed by atoms with E-state index in [0.717, 1.165) is 17.5 Å². The van der Waals surface area contributed by atoms with Crippen molar-refractivity contribution in [3.05, 3.63) is 60.2 Å². The zero-order valence-corrected chi connectivity index (χ0v) is 16.6. The van der Waals surface area contributed by atoms with Gasteiger partial charge in [-0.05, 0) is 42.8 Å². The van der Waals surface area contributed by atoms with Gasteiger partial charge < -0.3 is 21.7 Å². The van der Waals surface area contributed by atoms with Gasteiger partial charge in [0.2, 0.25) is 5.91 Å². The Kier molecular flexibility index (Phi) is 9.46. The van der Waals surface area contributed by atoms with Crippen molar-refractivity contribution in [3.8, 4) is 11.1 Å². The first-order valence-electron chi connectivity index (χ1n) is 9.63. The molecule has 2 aromatic rings. The molecule has 0 heterocycles. The van der Waals surface area contributed by atoms with Gasteiger partial charge in [0.25, 0.3) is 11.8 Å². The topological polar surface area (TPSA) is 146 Å². The van der Waals surface area contributed by atoms with Crippen LogP contribution in [0.25, 0.3) is 11.1 Å². The molecule has 0 saturated carbocycles. The molecule has 160 valence electrons. The molecule has 0 radical (unpaired) electrons. The van der Waals surface area contributed by atoms with Crippen LogP contribution < -0.4 is 27.2 Å². The molecule has 0 aliphatic carbocycles. The van der Waals surface area contributed by atoms with Crippen LogP contribution in [0.1, 0.15) is 16.8 Å². The van der Waals surface area contributed by atoms with Gasteiger partial charge in [0, 0.05) is 12.1 Å². The minimum atomic E-state index is -1.13. The lowest BCUT2D eigenvalue weighted by Gasteiger charge is -2.17. The molecule has 0 fully saturated rings. The molecule has 0 aliphatic rings. The number of hydrogen-bond donors (Lipinski definition) is 6. The highest BCUT2D eigenvalue weighted by atomic mass is 16.5. The van der Waals surface area contributed by atoms with Crippen LogP contribution >= 0.6 is 0 Å². The molecule has 0 spiro atoms. The van der Waals surface area contributed by atoms with Gasteiger partial charge in [-0.25, -0.2) is 5.48 Å². The normalized spacial score (nSPS) is 11.4. The van der Waals surface area contributed by atoms with Crippen molar-refractivity contribution in [2.45, 2.75) is 12.5 Å². The smallest absolute Gasteiger partial charge is 0.267 e. The van der Waals surface area contributed by atoms with Crippen molar-refractivity contribution in [1.29, 1.82) is 0 Å². The highest BCUT2D eigenvalue weighted by molar-refractivity contribution is 5.98. The first-order chi connectivity index (χ1) is 14.5. The molecular formula is C21H27N5O4. The van der Waals surface area contributed by atoms with Crippen LogP contribution in [0.5, 0.6) is 0 Å². The van der Waals surface area contributed by atoms with Crippen LogP contribution in [0.4, 0.5) is 0 Å². The predicted octanol–water partition coefficient (Wildman–Crippen LogP) is 0.0120. The molecule has 0 saturated heterocycles. The Hall–Kier alpha value is -3.27. The number of carbonyl (C=O) groups excluding carboxylic acids is 3. The number of nitrogens with two attached hydrogens (primary N) is 1. The summed E-state index contributed by atoms with van der Waals surface area (Å²) in [7, 11) is 0. The van der Waals surface area contributed by atoms with E-state index in [1.54, 1.807) is 24.3 Å². The maximum atomic E-state index is 12.5. The van der Waals surface area contributed by atoms with E-state index in [1.807, 2.05) is 30.3 Å². The Morgan fingerprint density at radius 1 is 0.967 bits per heavy atom. The standard InChI is InChI=1S/C21H27N5O4/c22-11-4-12-23-14-19(27)24-13-18(21(29)26-30)25-20(28)17-9-7-16(8-10-17)15-5-2-1-3-6-15/h1-3,5-10,18,23,30H,4,11-14,22H2,(H,24,27)(H,25,28)(H,26,29)/t18-/m0/s1. The number of nitrogens with one attached hydrogen (secondary N) is 4. The Labute approximate surface area is 175 Å². The molecule has 30 heavy (non-hydrogen) atoms. The van der Waals surface area contributed by atoms with Crippen LogP contribution in [-0.4, -0.2) is 55.1 Å².